The summed E-state index contributed by atoms with van der Waals surface area (Å²) < 4.78 is 0. The third kappa shape index (κ3) is 5.80. The molecule has 0 amide bonds. The Morgan fingerprint density at radius 1 is 1.38 bits per heavy atom. The van der Waals surface area contributed by atoms with E-state index in [0.29, 0.717) is 6.42 Å². The molecule has 2 N–H and O–H groups in total. The topological polar surface area (TPSA) is 49.7 Å². The van der Waals surface area contributed by atoms with Crippen molar-refractivity contribution in [1.29, 1.82) is 0 Å². The maximum Gasteiger partial charge on any atom is 0.136 e. The maximum atomic E-state index is 9.45. The van der Waals surface area contributed by atoms with Crippen LogP contribution in [0.1, 0.15) is 39.0 Å². The van der Waals surface area contributed by atoms with Crippen molar-refractivity contribution in [2.45, 2.75) is 51.2 Å². The summed E-state index contributed by atoms with van der Waals surface area (Å²) in [4.78, 5) is 4.05. The van der Waals surface area contributed by atoms with E-state index in [9.17, 15) is 5.11 Å². The van der Waals surface area contributed by atoms with Crippen molar-refractivity contribution in [2.24, 2.45) is 0 Å². The predicted octanol–water partition coefficient (Wildman–Crippen LogP) is 2.36. The molecule has 0 radical (unpaired) electrons. The molecule has 13 heavy (non-hydrogen) atoms. The van der Waals surface area contributed by atoms with Crippen molar-refractivity contribution >= 4 is 0 Å². The van der Waals surface area contributed by atoms with Crippen LogP contribution in [0, 0.1) is 0 Å². The van der Waals surface area contributed by atoms with Gasteiger partial charge in [-0.25, -0.2) is 4.89 Å². The highest BCUT2D eigenvalue weighted by molar-refractivity contribution is 4.84. The van der Waals surface area contributed by atoms with Gasteiger partial charge in [-0.15, -0.1) is 6.58 Å². The average molecular weight is 188 g/mol. The van der Waals surface area contributed by atoms with Crippen LogP contribution in [0.25, 0.3) is 0 Å². The summed E-state index contributed by atoms with van der Waals surface area (Å²) >= 11 is 0. The van der Waals surface area contributed by atoms with Crippen molar-refractivity contribution in [3.63, 3.8) is 0 Å². The highest BCUT2D eigenvalue weighted by Gasteiger charge is 2.15. The number of unbranched alkanes of at least 4 members (excludes halogenated alkanes) is 3. The first kappa shape index (κ1) is 12.6. The molecule has 2 atom stereocenters. The first-order valence-corrected chi connectivity index (χ1v) is 4.87. The van der Waals surface area contributed by atoms with E-state index in [2.05, 4.69) is 18.4 Å². The van der Waals surface area contributed by atoms with Gasteiger partial charge in [0.05, 0.1) is 6.10 Å². The van der Waals surface area contributed by atoms with E-state index in [4.69, 9.17) is 5.26 Å². The zero-order valence-electron chi connectivity index (χ0n) is 8.28. The molecule has 0 rings (SSSR count). The van der Waals surface area contributed by atoms with Crippen LogP contribution in [0.15, 0.2) is 12.7 Å². The van der Waals surface area contributed by atoms with Gasteiger partial charge in [0.2, 0.25) is 0 Å². The molecular weight excluding hydrogens is 168 g/mol. The Morgan fingerprint density at radius 3 is 2.54 bits per heavy atom. The molecule has 0 fully saturated rings. The fourth-order valence-corrected chi connectivity index (χ4v) is 1.21. The lowest BCUT2D eigenvalue weighted by Gasteiger charge is -2.15. The van der Waals surface area contributed by atoms with E-state index < -0.39 is 12.2 Å². The molecule has 0 saturated heterocycles. The molecular formula is C10H20O3. The van der Waals surface area contributed by atoms with Crippen LogP contribution in [0.4, 0.5) is 0 Å². The minimum Gasteiger partial charge on any atom is -0.390 e. The second-order valence-electron chi connectivity index (χ2n) is 3.22. The average Bonchev–Trinajstić information content (AvgIpc) is 2.14. The van der Waals surface area contributed by atoms with Crippen LogP contribution in [0.2, 0.25) is 0 Å². The molecule has 3 nitrogen and oxygen atoms in total. The Kier molecular flexibility index (Phi) is 7.99. The van der Waals surface area contributed by atoms with Gasteiger partial charge in [-0.2, -0.15) is 0 Å². The van der Waals surface area contributed by atoms with Gasteiger partial charge in [0, 0.05) is 0 Å². The standard InChI is InChI=1S/C10H20O3/c1-3-5-6-7-8-9(11)10(4-2)13-12/h4,9-12H,2-3,5-8H2,1H3/t9-,10-/m0/s1. The van der Waals surface area contributed by atoms with E-state index >= 15 is 0 Å². The molecule has 0 aliphatic heterocycles. The molecule has 0 saturated carbocycles. The summed E-state index contributed by atoms with van der Waals surface area (Å²) in [5.74, 6) is 0. The lowest BCUT2D eigenvalue weighted by atomic mass is 10.1. The molecule has 78 valence electrons. The van der Waals surface area contributed by atoms with Crippen molar-refractivity contribution in [1.82, 2.24) is 0 Å². The molecule has 0 aromatic heterocycles. The van der Waals surface area contributed by atoms with E-state index in [1.807, 2.05) is 0 Å². The zero-order valence-corrected chi connectivity index (χ0v) is 8.28. The minimum absolute atomic E-state index is 0.639. The fourth-order valence-electron chi connectivity index (χ4n) is 1.21. The Hall–Kier alpha value is -0.380. The quantitative estimate of drug-likeness (QED) is 0.266. The largest absolute Gasteiger partial charge is 0.390 e. The number of aliphatic hydroxyl groups is 1. The molecule has 0 spiro atoms. The summed E-state index contributed by atoms with van der Waals surface area (Å²) in [7, 11) is 0. The summed E-state index contributed by atoms with van der Waals surface area (Å²) in [6.45, 7) is 5.59. The minimum atomic E-state index is -0.651. The van der Waals surface area contributed by atoms with Crippen LogP contribution < -0.4 is 0 Å². The number of hydrogen-bond donors (Lipinski definition) is 2. The lowest BCUT2D eigenvalue weighted by molar-refractivity contribution is -0.283. The van der Waals surface area contributed by atoms with E-state index in [1.54, 1.807) is 0 Å². The third-order valence-corrected chi connectivity index (χ3v) is 2.09. The Morgan fingerprint density at radius 2 is 2.08 bits per heavy atom. The van der Waals surface area contributed by atoms with Crippen molar-refractivity contribution in [3.05, 3.63) is 12.7 Å². The van der Waals surface area contributed by atoms with Crippen molar-refractivity contribution < 1.29 is 15.3 Å². The van der Waals surface area contributed by atoms with Crippen LogP contribution in [0.3, 0.4) is 0 Å². The van der Waals surface area contributed by atoms with E-state index in [0.717, 1.165) is 12.8 Å². The molecule has 0 heterocycles. The van der Waals surface area contributed by atoms with E-state index in [1.165, 1.54) is 18.9 Å². The summed E-state index contributed by atoms with van der Waals surface area (Å²) in [6.07, 6.45) is 5.21. The Balaban J connectivity index is 3.47. The van der Waals surface area contributed by atoms with Gasteiger partial charge in [0.1, 0.15) is 6.10 Å². The first-order valence-electron chi connectivity index (χ1n) is 4.87. The zero-order chi connectivity index (χ0) is 10.1. The second kappa shape index (κ2) is 8.23. The van der Waals surface area contributed by atoms with Gasteiger partial charge in [-0.1, -0.05) is 38.7 Å². The van der Waals surface area contributed by atoms with Gasteiger partial charge < -0.3 is 5.11 Å². The lowest BCUT2D eigenvalue weighted by Crippen LogP contribution is -2.25. The first-order chi connectivity index (χ1) is 6.26. The Labute approximate surface area is 80.0 Å². The SMILES string of the molecule is C=C[C@H](OO)[C@@H](O)CCCCCC. The smallest absolute Gasteiger partial charge is 0.136 e. The summed E-state index contributed by atoms with van der Waals surface area (Å²) in [5, 5.41) is 17.8. The molecule has 0 aliphatic rings. The van der Waals surface area contributed by atoms with E-state index in [-0.39, 0.29) is 0 Å². The van der Waals surface area contributed by atoms with Gasteiger partial charge in [-0.3, -0.25) is 5.26 Å². The van der Waals surface area contributed by atoms with Gasteiger partial charge in [0.25, 0.3) is 0 Å². The Bertz CT molecular complexity index is 125. The van der Waals surface area contributed by atoms with Crippen molar-refractivity contribution in [2.75, 3.05) is 0 Å². The molecule has 3 heteroatoms. The number of rotatable bonds is 8. The molecule has 0 bridgehead atoms. The van der Waals surface area contributed by atoms with Crippen LogP contribution >= 0.6 is 0 Å². The maximum absolute atomic E-state index is 9.45. The van der Waals surface area contributed by atoms with Gasteiger partial charge in [0.15, 0.2) is 0 Å². The number of hydrogen-bond acceptors (Lipinski definition) is 3. The number of aliphatic hydroxyl groups excluding tert-OH is 1. The third-order valence-electron chi connectivity index (χ3n) is 2.09. The summed E-state index contributed by atoms with van der Waals surface area (Å²) in [6, 6.07) is 0. The van der Waals surface area contributed by atoms with Crippen LogP contribution in [0.5, 0.6) is 0 Å². The highest BCUT2D eigenvalue weighted by Crippen LogP contribution is 2.10. The monoisotopic (exact) mass is 188 g/mol. The molecule has 0 aliphatic carbocycles. The van der Waals surface area contributed by atoms with Gasteiger partial charge >= 0.3 is 0 Å². The van der Waals surface area contributed by atoms with Crippen LogP contribution in [-0.4, -0.2) is 22.6 Å². The summed E-state index contributed by atoms with van der Waals surface area (Å²) in [5.41, 5.74) is 0. The molecule has 0 unspecified atom stereocenters. The van der Waals surface area contributed by atoms with Gasteiger partial charge in [-0.05, 0) is 6.42 Å². The normalized spacial score (nSPS) is 15.3. The van der Waals surface area contributed by atoms with Crippen LogP contribution in [-0.2, 0) is 4.89 Å². The molecule has 0 aromatic carbocycles. The molecule has 0 aromatic rings. The highest BCUT2D eigenvalue weighted by atomic mass is 17.1. The van der Waals surface area contributed by atoms with Crippen molar-refractivity contribution in [3.8, 4) is 0 Å². The second-order valence-corrected chi connectivity index (χ2v) is 3.22. The predicted molar refractivity (Wildman–Crippen MR) is 52.5 cm³/mol. The fraction of sp³-hybridized carbons (Fsp3) is 0.800.